The van der Waals surface area contributed by atoms with Gasteiger partial charge in [0.15, 0.2) is 5.78 Å². The number of methoxy groups -OCH3 is 1. The summed E-state index contributed by atoms with van der Waals surface area (Å²) in [7, 11) is 1.59. The van der Waals surface area contributed by atoms with Crippen molar-refractivity contribution in [2.45, 2.75) is 24.7 Å². The van der Waals surface area contributed by atoms with Crippen molar-refractivity contribution in [3.05, 3.63) is 96.0 Å². The summed E-state index contributed by atoms with van der Waals surface area (Å²) in [4.78, 5) is 25.5. The fourth-order valence-electron chi connectivity index (χ4n) is 3.90. The molecule has 0 unspecified atom stereocenters. The molecular weight excluding hydrogens is 378 g/mol. The lowest BCUT2D eigenvalue weighted by atomic mass is 9.75. The predicted molar refractivity (Wildman–Crippen MR) is 115 cm³/mol. The van der Waals surface area contributed by atoms with E-state index in [1.807, 2.05) is 48.6 Å². The Morgan fingerprint density at radius 1 is 1.07 bits per heavy atom. The number of carbonyl (C=O) groups excluding carboxylic acids is 2. The van der Waals surface area contributed by atoms with E-state index in [-0.39, 0.29) is 18.1 Å². The summed E-state index contributed by atoms with van der Waals surface area (Å²) in [6.45, 7) is 0. The number of ether oxygens (including phenoxy) is 1. The van der Waals surface area contributed by atoms with Crippen LogP contribution in [0.2, 0.25) is 0 Å². The zero-order valence-electron chi connectivity index (χ0n) is 16.8. The second-order valence-corrected chi connectivity index (χ2v) is 7.37. The van der Waals surface area contributed by atoms with E-state index in [9.17, 15) is 9.59 Å². The van der Waals surface area contributed by atoms with Crippen LogP contribution in [-0.4, -0.2) is 18.8 Å². The summed E-state index contributed by atoms with van der Waals surface area (Å²) in [6.07, 6.45) is 6.58. The van der Waals surface area contributed by atoms with Crippen LogP contribution in [0.25, 0.3) is 0 Å². The Kier molecular flexibility index (Phi) is 5.53. The number of para-hydroxylation sites is 1. The maximum absolute atomic E-state index is 13.0. The van der Waals surface area contributed by atoms with Crippen LogP contribution in [0.3, 0.4) is 0 Å². The van der Waals surface area contributed by atoms with Crippen molar-refractivity contribution in [1.82, 2.24) is 0 Å². The van der Waals surface area contributed by atoms with Crippen LogP contribution in [0.5, 0.6) is 5.75 Å². The molecule has 0 aliphatic carbocycles. The van der Waals surface area contributed by atoms with Crippen molar-refractivity contribution in [2.24, 2.45) is 0 Å². The first-order valence-electron chi connectivity index (χ1n) is 9.88. The van der Waals surface area contributed by atoms with Gasteiger partial charge in [-0.05, 0) is 54.4 Å². The molecule has 1 amide bonds. The van der Waals surface area contributed by atoms with Crippen LogP contribution < -0.4 is 10.1 Å². The van der Waals surface area contributed by atoms with Crippen LogP contribution in [0.4, 0.5) is 5.69 Å². The normalized spacial score (nSPS) is 17.7. The SMILES string of the molecule is COc1ccc(C(=O)C/C=C\C[C@@]2(Cc3ccco3)C(=O)Nc3ccccc32)cc1. The van der Waals surface area contributed by atoms with E-state index in [1.54, 1.807) is 37.6 Å². The van der Waals surface area contributed by atoms with Gasteiger partial charge in [0.05, 0.1) is 18.8 Å². The van der Waals surface area contributed by atoms with Crippen molar-refractivity contribution in [1.29, 1.82) is 0 Å². The van der Waals surface area contributed by atoms with E-state index in [2.05, 4.69) is 5.32 Å². The van der Waals surface area contributed by atoms with Gasteiger partial charge in [0.25, 0.3) is 0 Å². The standard InChI is InChI=1S/C25H23NO4/c1-29-19-13-11-18(12-14-19)23(27)10-4-5-15-25(17-20-7-6-16-30-20)21-8-2-3-9-22(21)26-24(25)28/h2-9,11-14,16H,10,15,17H2,1H3,(H,26,28)/b5-4-/t25-/m0/s1. The zero-order chi connectivity index (χ0) is 21.0. The van der Waals surface area contributed by atoms with E-state index >= 15 is 0 Å². The molecule has 30 heavy (non-hydrogen) atoms. The van der Waals surface area contributed by atoms with Crippen LogP contribution in [0.1, 0.15) is 34.5 Å². The highest BCUT2D eigenvalue weighted by Crippen LogP contribution is 2.43. The van der Waals surface area contributed by atoms with E-state index in [0.717, 1.165) is 17.0 Å². The number of ketones is 1. The van der Waals surface area contributed by atoms with Crippen LogP contribution in [-0.2, 0) is 16.6 Å². The number of allylic oxidation sites excluding steroid dienone is 2. The molecule has 1 aliphatic rings. The van der Waals surface area contributed by atoms with Crippen LogP contribution >= 0.6 is 0 Å². The summed E-state index contributed by atoms with van der Waals surface area (Å²) >= 11 is 0. The minimum absolute atomic E-state index is 0.0188. The number of fused-ring (bicyclic) bond motifs is 1. The van der Waals surface area contributed by atoms with E-state index in [1.165, 1.54) is 0 Å². The summed E-state index contributed by atoms with van der Waals surface area (Å²) in [6, 6.07) is 18.5. The van der Waals surface area contributed by atoms with Crippen LogP contribution in [0.15, 0.2) is 83.5 Å². The van der Waals surface area contributed by atoms with Crippen LogP contribution in [0, 0.1) is 0 Å². The molecule has 0 bridgehead atoms. The van der Waals surface area contributed by atoms with E-state index in [4.69, 9.17) is 9.15 Å². The van der Waals surface area contributed by atoms with Crippen molar-refractivity contribution >= 4 is 17.4 Å². The van der Waals surface area contributed by atoms with Crippen molar-refractivity contribution in [2.75, 3.05) is 12.4 Å². The average molecular weight is 401 g/mol. The minimum atomic E-state index is -0.756. The number of amides is 1. The number of hydrogen-bond donors (Lipinski definition) is 1. The number of nitrogens with one attached hydrogen (secondary N) is 1. The highest BCUT2D eigenvalue weighted by atomic mass is 16.5. The molecule has 0 radical (unpaired) electrons. The summed E-state index contributed by atoms with van der Waals surface area (Å²) in [5.74, 6) is 1.44. The average Bonchev–Trinajstić information content (AvgIpc) is 3.38. The first-order valence-corrected chi connectivity index (χ1v) is 9.88. The number of hydrogen-bond acceptors (Lipinski definition) is 4. The molecule has 1 N–H and O–H groups in total. The second kappa shape index (κ2) is 8.41. The molecule has 0 saturated heterocycles. The van der Waals surface area contributed by atoms with E-state index in [0.29, 0.717) is 24.2 Å². The van der Waals surface area contributed by atoms with Gasteiger partial charge < -0.3 is 14.5 Å². The van der Waals surface area contributed by atoms with Gasteiger partial charge in [-0.15, -0.1) is 0 Å². The van der Waals surface area contributed by atoms with Gasteiger partial charge in [-0.25, -0.2) is 0 Å². The third-order valence-electron chi connectivity index (χ3n) is 5.53. The molecule has 0 spiro atoms. The van der Waals surface area contributed by atoms with Gasteiger partial charge in [0.1, 0.15) is 11.5 Å². The molecule has 4 rings (SSSR count). The molecule has 3 aromatic rings. The van der Waals surface area contributed by atoms with Gasteiger partial charge in [-0.1, -0.05) is 30.4 Å². The number of Topliss-reactive ketones (excluding diaryl/α,β-unsaturated/α-hetero) is 1. The van der Waals surface area contributed by atoms with Crippen molar-refractivity contribution in [3.63, 3.8) is 0 Å². The largest absolute Gasteiger partial charge is 0.497 e. The number of rotatable bonds is 8. The molecule has 1 aromatic heterocycles. The quantitative estimate of drug-likeness (QED) is 0.429. The Morgan fingerprint density at radius 3 is 2.60 bits per heavy atom. The minimum Gasteiger partial charge on any atom is -0.497 e. The molecule has 0 fully saturated rings. The molecule has 5 heteroatoms. The summed E-state index contributed by atoms with van der Waals surface area (Å²) < 4.78 is 10.7. The lowest BCUT2D eigenvalue weighted by molar-refractivity contribution is -0.120. The van der Waals surface area contributed by atoms with Gasteiger partial charge in [-0.3, -0.25) is 9.59 Å². The lowest BCUT2D eigenvalue weighted by Crippen LogP contribution is -2.36. The van der Waals surface area contributed by atoms with Gasteiger partial charge in [0.2, 0.25) is 5.91 Å². The maximum Gasteiger partial charge on any atom is 0.235 e. The summed E-state index contributed by atoms with van der Waals surface area (Å²) in [5, 5.41) is 2.99. The van der Waals surface area contributed by atoms with Crippen molar-refractivity contribution in [3.8, 4) is 5.75 Å². The molecule has 152 valence electrons. The first-order chi connectivity index (χ1) is 14.6. The number of anilines is 1. The number of furan rings is 1. The predicted octanol–water partition coefficient (Wildman–Crippen LogP) is 4.94. The highest BCUT2D eigenvalue weighted by Gasteiger charge is 2.46. The van der Waals surface area contributed by atoms with Gasteiger partial charge in [-0.2, -0.15) is 0 Å². The molecule has 5 nitrogen and oxygen atoms in total. The number of carbonyl (C=O) groups is 2. The topological polar surface area (TPSA) is 68.5 Å². The fraction of sp³-hybridized carbons (Fsp3) is 0.200. The summed E-state index contributed by atoms with van der Waals surface area (Å²) in [5.41, 5.74) is 1.66. The Bertz CT molecular complexity index is 1070. The third-order valence-corrected chi connectivity index (χ3v) is 5.53. The van der Waals surface area contributed by atoms with Crippen molar-refractivity contribution < 1.29 is 18.7 Å². The Morgan fingerprint density at radius 2 is 1.87 bits per heavy atom. The van der Waals surface area contributed by atoms with E-state index < -0.39 is 5.41 Å². The fourth-order valence-corrected chi connectivity index (χ4v) is 3.90. The molecule has 2 aromatic carbocycles. The molecular formula is C25H23NO4. The second-order valence-electron chi connectivity index (χ2n) is 7.37. The van der Waals surface area contributed by atoms with Gasteiger partial charge >= 0.3 is 0 Å². The zero-order valence-corrected chi connectivity index (χ0v) is 16.8. The monoisotopic (exact) mass is 401 g/mol. The Balaban J connectivity index is 1.51. The lowest BCUT2D eigenvalue weighted by Gasteiger charge is -2.25. The maximum atomic E-state index is 13.0. The molecule has 1 atom stereocenters. The smallest absolute Gasteiger partial charge is 0.235 e. The molecule has 2 heterocycles. The highest BCUT2D eigenvalue weighted by molar-refractivity contribution is 6.06. The molecule has 1 aliphatic heterocycles. The van der Waals surface area contributed by atoms with Gasteiger partial charge in [0, 0.05) is 24.1 Å². The Labute approximate surface area is 175 Å². The molecule has 0 saturated carbocycles. The third kappa shape index (κ3) is 3.79. The number of benzene rings is 2. The Hall–Kier alpha value is -3.60. The first kappa shape index (κ1) is 19.7.